The van der Waals surface area contributed by atoms with E-state index in [1.165, 1.54) is 41.9 Å². The highest BCUT2D eigenvalue weighted by Crippen LogP contribution is 2.34. The molecule has 2 aliphatic heterocycles. The van der Waals surface area contributed by atoms with Crippen molar-refractivity contribution in [3.8, 4) is 0 Å². The zero-order valence-electron chi connectivity index (χ0n) is 18.5. The normalized spacial score (nSPS) is 22.2. The van der Waals surface area contributed by atoms with Crippen LogP contribution in [0.4, 0.5) is 10.5 Å². The molecule has 8 nitrogen and oxygen atoms in total. The summed E-state index contributed by atoms with van der Waals surface area (Å²) in [6.07, 6.45) is 3.87. The van der Waals surface area contributed by atoms with Crippen molar-refractivity contribution in [1.82, 2.24) is 19.6 Å². The molecule has 4 rings (SSSR count). The minimum atomic E-state index is -1.13. The molecule has 0 saturated carbocycles. The summed E-state index contributed by atoms with van der Waals surface area (Å²) < 4.78 is 1.12. The van der Waals surface area contributed by atoms with E-state index in [4.69, 9.17) is 5.11 Å². The van der Waals surface area contributed by atoms with Crippen LogP contribution in [0.15, 0.2) is 30.5 Å². The van der Waals surface area contributed by atoms with Crippen LogP contribution >= 0.6 is 0 Å². The summed E-state index contributed by atoms with van der Waals surface area (Å²) in [4.78, 5) is 30.3. The van der Waals surface area contributed by atoms with E-state index in [9.17, 15) is 9.59 Å². The highest BCUT2D eigenvalue weighted by molar-refractivity contribution is 5.86. The molecule has 0 radical (unpaired) electrons. The first-order valence-electron chi connectivity index (χ1n) is 11.0. The predicted molar refractivity (Wildman–Crippen MR) is 119 cm³/mol. The van der Waals surface area contributed by atoms with Crippen LogP contribution in [0.5, 0.6) is 0 Å². The van der Waals surface area contributed by atoms with Crippen LogP contribution in [0.1, 0.15) is 48.3 Å². The molecular weight excluding hydrogens is 394 g/mol. The Kier molecular flexibility index (Phi) is 6.00. The lowest BCUT2D eigenvalue weighted by atomic mass is 10.1. The first-order valence-corrected chi connectivity index (χ1v) is 11.0. The van der Waals surface area contributed by atoms with Gasteiger partial charge in [-0.15, -0.1) is 0 Å². The number of hydrogen-bond acceptors (Lipinski definition) is 5. The van der Waals surface area contributed by atoms with Gasteiger partial charge in [0, 0.05) is 56.7 Å². The maximum Gasteiger partial charge on any atom is 0.356 e. The number of carboxylic acids is 1. The second-order valence-electron chi connectivity index (χ2n) is 8.81. The second kappa shape index (κ2) is 8.70. The van der Waals surface area contributed by atoms with E-state index in [-0.39, 0.29) is 11.7 Å². The molecule has 2 aromatic rings. The summed E-state index contributed by atoms with van der Waals surface area (Å²) in [6.45, 7) is 10.4. The van der Waals surface area contributed by atoms with Crippen molar-refractivity contribution < 1.29 is 14.7 Å². The lowest BCUT2D eigenvalue weighted by Crippen LogP contribution is -2.49. The van der Waals surface area contributed by atoms with Crippen molar-refractivity contribution in [1.29, 1.82) is 0 Å². The van der Waals surface area contributed by atoms with Crippen molar-refractivity contribution in [3.05, 3.63) is 47.3 Å². The van der Waals surface area contributed by atoms with Gasteiger partial charge in [0.15, 0.2) is 5.69 Å². The minimum Gasteiger partial charge on any atom is -0.476 e. The fourth-order valence-corrected chi connectivity index (χ4v) is 4.75. The Bertz CT molecular complexity index is 954. The third kappa shape index (κ3) is 4.44. The van der Waals surface area contributed by atoms with E-state index >= 15 is 0 Å². The van der Waals surface area contributed by atoms with Gasteiger partial charge in [0.25, 0.3) is 0 Å². The fraction of sp³-hybridized carbons (Fsp3) is 0.522. The maximum atomic E-state index is 12.6. The number of carbonyl (C=O) groups excluding carboxylic acids is 1. The van der Waals surface area contributed by atoms with Crippen molar-refractivity contribution in [2.75, 3.05) is 31.1 Å². The minimum absolute atomic E-state index is 0.121. The fourth-order valence-electron chi connectivity index (χ4n) is 4.75. The van der Waals surface area contributed by atoms with Crippen LogP contribution in [-0.2, 0) is 6.54 Å². The lowest BCUT2D eigenvalue weighted by Gasteiger charge is -2.36. The van der Waals surface area contributed by atoms with Gasteiger partial charge in [-0.05, 0) is 56.9 Å². The van der Waals surface area contributed by atoms with E-state index in [0.29, 0.717) is 25.2 Å². The van der Waals surface area contributed by atoms with Crippen LogP contribution < -0.4 is 4.90 Å². The molecule has 0 unspecified atom stereocenters. The highest BCUT2D eigenvalue weighted by Gasteiger charge is 2.30. The van der Waals surface area contributed by atoms with Crippen LogP contribution in [0.25, 0.3) is 0 Å². The Morgan fingerprint density at radius 3 is 2.35 bits per heavy atom. The zero-order chi connectivity index (χ0) is 22.1. The first-order chi connectivity index (χ1) is 14.8. The molecule has 1 amide bonds. The van der Waals surface area contributed by atoms with Crippen LogP contribution in [0, 0.1) is 6.92 Å². The average Bonchev–Trinajstić information content (AvgIpc) is 3.37. The van der Waals surface area contributed by atoms with Gasteiger partial charge >= 0.3 is 12.0 Å². The monoisotopic (exact) mass is 425 g/mol. The van der Waals surface area contributed by atoms with E-state index in [1.807, 2.05) is 0 Å². The Morgan fingerprint density at radius 2 is 1.74 bits per heavy atom. The van der Waals surface area contributed by atoms with E-state index in [2.05, 4.69) is 53.9 Å². The average molecular weight is 426 g/mol. The third-order valence-corrected chi connectivity index (χ3v) is 6.51. The number of anilines is 1. The smallest absolute Gasteiger partial charge is 0.356 e. The summed E-state index contributed by atoms with van der Waals surface area (Å²) in [5.74, 6) is -1.13. The standard InChI is InChI=1S/C23H31N5O3/c1-16-4-7-19(21(14-16)28-17(2)5-6-18(28)3)15-25-10-12-26(13-11-25)23(31)27-9-8-20(24-27)22(29)30/h4,7-9,14,17-18H,5-6,10-13,15H2,1-3H3,(H,29,30)/t17-,18-/m1/s1. The Morgan fingerprint density at radius 1 is 1.06 bits per heavy atom. The summed E-state index contributed by atoms with van der Waals surface area (Å²) in [7, 11) is 0. The van der Waals surface area contributed by atoms with Crippen molar-refractivity contribution in [2.24, 2.45) is 0 Å². The predicted octanol–water partition coefficient (Wildman–Crippen LogP) is 3.05. The van der Waals surface area contributed by atoms with E-state index in [0.717, 1.165) is 24.3 Å². The zero-order valence-corrected chi connectivity index (χ0v) is 18.5. The van der Waals surface area contributed by atoms with Gasteiger partial charge in [-0.2, -0.15) is 9.78 Å². The number of piperazine rings is 1. The van der Waals surface area contributed by atoms with Gasteiger partial charge < -0.3 is 14.9 Å². The molecule has 31 heavy (non-hydrogen) atoms. The van der Waals surface area contributed by atoms with Gasteiger partial charge in [0.2, 0.25) is 0 Å². The highest BCUT2D eigenvalue weighted by atomic mass is 16.4. The quantitative estimate of drug-likeness (QED) is 0.811. The van der Waals surface area contributed by atoms with Gasteiger partial charge in [-0.25, -0.2) is 9.59 Å². The molecule has 2 aliphatic rings. The number of hydrogen-bond donors (Lipinski definition) is 1. The Balaban J connectivity index is 1.41. The number of nitrogens with zero attached hydrogens (tertiary/aromatic N) is 5. The summed E-state index contributed by atoms with van der Waals surface area (Å²) >= 11 is 0. The molecule has 8 heteroatoms. The molecule has 0 aliphatic carbocycles. The number of aromatic nitrogens is 2. The molecule has 2 atom stereocenters. The van der Waals surface area contributed by atoms with Crippen LogP contribution in [0.3, 0.4) is 0 Å². The van der Waals surface area contributed by atoms with Gasteiger partial charge in [-0.1, -0.05) is 12.1 Å². The van der Waals surface area contributed by atoms with Gasteiger partial charge in [0.1, 0.15) is 0 Å². The van der Waals surface area contributed by atoms with Gasteiger partial charge in [-0.3, -0.25) is 4.90 Å². The SMILES string of the molecule is Cc1ccc(CN2CCN(C(=O)n3ccc(C(=O)O)n3)CC2)c(N2[C@H](C)CC[C@H]2C)c1. The molecule has 166 valence electrons. The number of aromatic carboxylic acids is 1. The summed E-state index contributed by atoms with van der Waals surface area (Å²) in [6, 6.07) is 8.91. The molecule has 1 aromatic carbocycles. The molecule has 0 spiro atoms. The van der Waals surface area contributed by atoms with Crippen LogP contribution in [0.2, 0.25) is 0 Å². The number of aryl methyl sites for hydroxylation is 1. The molecule has 0 bridgehead atoms. The molecule has 3 heterocycles. The number of benzene rings is 1. The molecule has 2 fully saturated rings. The number of amides is 1. The molecular formula is C23H31N5O3. The molecule has 1 aromatic heterocycles. The van der Waals surface area contributed by atoms with E-state index < -0.39 is 5.97 Å². The number of carbonyl (C=O) groups is 2. The van der Waals surface area contributed by atoms with Crippen molar-refractivity contribution in [2.45, 2.75) is 52.2 Å². The van der Waals surface area contributed by atoms with Crippen molar-refractivity contribution in [3.63, 3.8) is 0 Å². The maximum absolute atomic E-state index is 12.6. The Hall–Kier alpha value is -2.87. The summed E-state index contributed by atoms with van der Waals surface area (Å²) in [5, 5.41) is 12.9. The largest absolute Gasteiger partial charge is 0.476 e. The number of rotatable bonds is 4. The Labute approximate surface area is 183 Å². The third-order valence-electron chi connectivity index (χ3n) is 6.51. The summed E-state index contributed by atoms with van der Waals surface area (Å²) in [5.41, 5.74) is 3.84. The molecule has 2 saturated heterocycles. The first kappa shape index (κ1) is 21.4. The van der Waals surface area contributed by atoms with Gasteiger partial charge in [0.05, 0.1) is 0 Å². The lowest BCUT2D eigenvalue weighted by molar-refractivity contribution is 0.0689. The van der Waals surface area contributed by atoms with Crippen LogP contribution in [-0.4, -0.2) is 74.9 Å². The second-order valence-corrected chi connectivity index (χ2v) is 8.81. The van der Waals surface area contributed by atoms with E-state index in [1.54, 1.807) is 4.90 Å². The number of carboxylic acid groups (broad SMARTS) is 1. The topological polar surface area (TPSA) is 81.9 Å². The molecule has 1 N–H and O–H groups in total. The van der Waals surface area contributed by atoms with Crippen molar-refractivity contribution >= 4 is 17.7 Å².